The lowest BCUT2D eigenvalue weighted by Gasteiger charge is -2.00. The third kappa shape index (κ3) is 2.20. The quantitative estimate of drug-likeness (QED) is 0.747. The predicted octanol–water partition coefficient (Wildman–Crippen LogP) is 3.57. The van der Waals surface area contributed by atoms with Gasteiger partial charge in [0, 0.05) is 21.5 Å². The highest BCUT2D eigenvalue weighted by Gasteiger charge is 2.16. The first kappa shape index (κ1) is 12.9. The smallest absolute Gasteiger partial charge is 0.213 e. The number of carbonyl (C=O) groups excluding carboxylic acids is 1. The zero-order chi connectivity index (χ0) is 14.1. The number of carbonyl (C=O) groups is 1. The van der Waals surface area contributed by atoms with E-state index in [1.54, 1.807) is 19.2 Å². The summed E-state index contributed by atoms with van der Waals surface area (Å²) in [4.78, 5) is 12.5. The van der Waals surface area contributed by atoms with Gasteiger partial charge in [-0.1, -0.05) is 15.9 Å². The van der Waals surface area contributed by atoms with Crippen LogP contribution in [0.1, 0.15) is 16.1 Å². The Morgan fingerprint density at radius 3 is 2.65 bits per heavy atom. The van der Waals surface area contributed by atoms with Gasteiger partial charge >= 0.3 is 0 Å². The van der Waals surface area contributed by atoms with Gasteiger partial charge < -0.3 is 4.74 Å². The van der Waals surface area contributed by atoms with Crippen LogP contribution in [0.4, 0.5) is 0 Å². The van der Waals surface area contributed by atoms with Crippen LogP contribution in [0.5, 0.6) is 5.75 Å². The lowest BCUT2D eigenvalue weighted by atomic mass is 10.1. The van der Waals surface area contributed by atoms with Crippen molar-refractivity contribution >= 4 is 32.6 Å². The van der Waals surface area contributed by atoms with Crippen molar-refractivity contribution in [2.75, 3.05) is 7.11 Å². The summed E-state index contributed by atoms with van der Waals surface area (Å²) in [7, 11) is 1.60. The highest BCUT2D eigenvalue weighted by atomic mass is 79.9. The number of methoxy groups -OCH3 is 1. The topological polar surface area (TPSA) is 55.0 Å². The average molecular weight is 331 g/mol. The van der Waals surface area contributed by atoms with Crippen LogP contribution in [0.2, 0.25) is 0 Å². The van der Waals surface area contributed by atoms with E-state index in [9.17, 15) is 4.79 Å². The summed E-state index contributed by atoms with van der Waals surface area (Å²) in [5.41, 5.74) is 1.81. The molecule has 0 atom stereocenters. The summed E-state index contributed by atoms with van der Waals surface area (Å²) in [6.45, 7) is 0. The molecule has 2 aromatic carbocycles. The van der Waals surface area contributed by atoms with Crippen molar-refractivity contribution in [3.05, 3.63) is 58.2 Å². The zero-order valence-corrected chi connectivity index (χ0v) is 12.3. The van der Waals surface area contributed by atoms with Gasteiger partial charge in [-0.25, -0.2) is 0 Å². The summed E-state index contributed by atoms with van der Waals surface area (Å²) >= 11 is 3.35. The maximum Gasteiger partial charge on any atom is 0.213 e. The van der Waals surface area contributed by atoms with E-state index in [-0.39, 0.29) is 5.78 Å². The Morgan fingerprint density at radius 1 is 1.20 bits per heavy atom. The number of hydrogen-bond acceptors (Lipinski definition) is 3. The number of hydrogen-bond donors (Lipinski definition) is 1. The van der Waals surface area contributed by atoms with Crippen molar-refractivity contribution in [3.8, 4) is 5.75 Å². The molecule has 0 saturated heterocycles. The van der Waals surface area contributed by atoms with Crippen LogP contribution in [0, 0.1) is 0 Å². The van der Waals surface area contributed by atoms with Crippen molar-refractivity contribution in [1.82, 2.24) is 10.2 Å². The third-order valence-electron chi connectivity index (χ3n) is 3.09. The molecule has 0 amide bonds. The fraction of sp³-hybridized carbons (Fsp3) is 0.0667. The Hall–Kier alpha value is -2.14. The van der Waals surface area contributed by atoms with E-state index in [4.69, 9.17) is 4.74 Å². The maximum atomic E-state index is 12.5. The number of aromatic amines is 1. The van der Waals surface area contributed by atoms with E-state index in [0.717, 1.165) is 21.1 Å². The monoisotopic (exact) mass is 330 g/mol. The molecule has 0 aliphatic rings. The van der Waals surface area contributed by atoms with E-state index in [1.165, 1.54) is 0 Å². The molecular weight excluding hydrogens is 320 g/mol. The number of rotatable bonds is 3. The molecule has 1 heterocycles. The molecule has 100 valence electrons. The molecule has 0 bridgehead atoms. The van der Waals surface area contributed by atoms with E-state index in [0.29, 0.717) is 11.3 Å². The maximum absolute atomic E-state index is 12.5. The molecule has 4 nitrogen and oxygen atoms in total. The summed E-state index contributed by atoms with van der Waals surface area (Å²) in [5.74, 6) is 0.623. The molecule has 3 aromatic rings. The standard InChI is InChI=1S/C15H11BrN2O2/c1-20-11-6-7-12-13(8-11)17-18-14(12)15(19)9-2-4-10(16)5-3-9/h2-8H,1H3,(H,17,18). The average Bonchev–Trinajstić information content (AvgIpc) is 2.90. The predicted molar refractivity (Wildman–Crippen MR) is 80.2 cm³/mol. The lowest BCUT2D eigenvalue weighted by molar-refractivity contribution is 0.103. The molecule has 0 aliphatic carbocycles. The van der Waals surface area contributed by atoms with Crippen LogP contribution >= 0.6 is 15.9 Å². The molecular formula is C15H11BrN2O2. The van der Waals surface area contributed by atoms with Crippen LogP contribution in [0.15, 0.2) is 46.9 Å². The molecule has 0 unspecified atom stereocenters. The van der Waals surface area contributed by atoms with Gasteiger partial charge in [0.2, 0.25) is 5.78 Å². The SMILES string of the molecule is COc1ccc2c(C(=O)c3ccc(Br)cc3)n[nH]c2c1. The Morgan fingerprint density at radius 2 is 1.95 bits per heavy atom. The van der Waals surface area contributed by atoms with Crippen molar-refractivity contribution in [2.24, 2.45) is 0 Å². The van der Waals surface area contributed by atoms with Crippen LogP contribution < -0.4 is 4.74 Å². The molecule has 0 fully saturated rings. The van der Waals surface area contributed by atoms with Crippen molar-refractivity contribution in [3.63, 3.8) is 0 Å². The number of aromatic nitrogens is 2. The van der Waals surface area contributed by atoms with E-state index < -0.39 is 0 Å². The summed E-state index contributed by atoms with van der Waals surface area (Å²) < 4.78 is 6.09. The molecule has 1 N–H and O–H groups in total. The summed E-state index contributed by atoms with van der Waals surface area (Å²) in [5, 5.41) is 7.78. The normalized spacial score (nSPS) is 10.7. The number of benzene rings is 2. The molecule has 0 saturated carbocycles. The van der Waals surface area contributed by atoms with Gasteiger partial charge in [-0.15, -0.1) is 0 Å². The fourth-order valence-electron chi connectivity index (χ4n) is 2.04. The Balaban J connectivity index is 2.05. The number of ether oxygens (including phenoxy) is 1. The molecule has 5 heteroatoms. The number of halogens is 1. The number of fused-ring (bicyclic) bond motifs is 1. The molecule has 0 radical (unpaired) electrons. The minimum Gasteiger partial charge on any atom is -0.497 e. The lowest BCUT2D eigenvalue weighted by Crippen LogP contribution is -2.02. The molecule has 3 rings (SSSR count). The minimum absolute atomic E-state index is 0.103. The van der Waals surface area contributed by atoms with Crippen LogP contribution in [-0.4, -0.2) is 23.1 Å². The van der Waals surface area contributed by atoms with Gasteiger partial charge in [-0.3, -0.25) is 9.89 Å². The van der Waals surface area contributed by atoms with Crippen LogP contribution in [-0.2, 0) is 0 Å². The van der Waals surface area contributed by atoms with Gasteiger partial charge in [-0.05, 0) is 36.4 Å². The molecule has 1 aromatic heterocycles. The molecule has 0 spiro atoms. The summed E-state index contributed by atoms with van der Waals surface area (Å²) in [6, 6.07) is 12.7. The van der Waals surface area contributed by atoms with Crippen molar-refractivity contribution in [2.45, 2.75) is 0 Å². The second kappa shape index (κ2) is 5.09. The van der Waals surface area contributed by atoms with E-state index >= 15 is 0 Å². The van der Waals surface area contributed by atoms with Gasteiger partial charge in [0.1, 0.15) is 11.4 Å². The second-order valence-electron chi connectivity index (χ2n) is 4.32. The van der Waals surface area contributed by atoms with E-state index in [1.807, 2.05) is 30.3 Å². The van der Waals surface area contributed by atoms with Crippen LogP contribution in [0.3, 0.4) is 0 Å². The van der Waals surface area contributed by atoms with Crippen molar-refractivity contribution in [1.29, 1.82) is 0 Å². The first-order chi connectivity index (χ1) is 9.69. The van der Waals surface area contributed by atoms with Gasteiger partial charge in [-0.2, -0.15) is 5.10 Å². The molecule has 0 aliphatic heterocycles. The Labute approximate surface area is 123 Å². The molecule has 20 heavy (non-hydrogen) atoms. The number of nitrogens with one attached hydrogen (secondary N) is 1. The van der Waals surface area contributed by atoms with Gasteiger partial charge in [0.05, 0.1) is 12.6 Å². The number of nitrogens with zero attached hydrogens (tertiary/aromatic N) is 1. The Kier molecular flexibility index (Phi) is 3.28. The Bertz CT molecular complexity index is 778. The number of ketones is 1. The number of H-pyrrole nitrogens is 1. The minimum atomic E-state index is -0.103. The van der Waals surface area contributed by atoms with E-state index in [2.05, 4.69) is 26.1 Å². The van der Waals surface area contributed by atoms with Gasteiger partial charge in [0.25, 0.3) is 0 Å². The first-order valence-electron chi connectivity index (χ1n) is 6.01. The highest BCUT2D eigenvalue weighted by molar-refractivity contribution is 9.10. The summed E-state index contributed by atoms with van der Waals surface area (Å²) in [6.07, 6.45) is 0. The van der Waals surface area contributed by atoms with Gasteiger partial charge in [0.15, 0.2) is 0 Å². The third-order valence-corrected chi connectivity index (χ3v) is 3.62. The highest BCUT2D eigenvalue weighted by Crippen LogP contribution is 2.23. The first-order valence-corrected chi connectivity index (χ1v) is 6.81. The van der Waals surface area contributed by atoms with Crippen LogP contribution in [0.25, 0.3) is 10.9 Å². The van der Waals surface area contributed by atoms with Crippen molar-refractivity contribution < 1.29 is 9.53 Å². The fourth-order valence-corrected chi connectivity index (χ4v) is 2.30. The second-order valence-corrected chi connectivity index (χ2v) is 5.24. The zero-order valence-electron chi connectivity index (χ0n) is 10.7. The largest absolute Gasteiger partial charge is 0.497 e.